The van der Waals surface area contributed by atoms with Crippen molar-refractivity contribution in [2.24, 2.45) is 0 Å². The zero-order chi connectivity index (χ0) is 14.2. The van der Waals surface area contributed by atoms with Crippen molar-refractivity contribution >= 4 is 11.3 Å². The maximum absolute atomic E-state index is 4.47. The number of thiazole rings is 1. The molecule has 1 heterocycles. The van der Waals surface area contributed by atoms with Crippen molar-refractivity contribution < 1.29 is 0 Å². The lowest BCUT2D eigenvalue weighted by Gasteiger charge is -2.24. The van der Waals surface area contributed by atoms with Gasteiger partial charge in [0.25, 0.3) is 0 Å². The van der Waals surface area contributed by atoms with Gasteiger partial charge in [-0.1, -0.05) is 57.0 Å². The predicted octanol–water partition coefficient (Wildman–Crippen LogP) is 5.12. The first-order valence-corrected chi connectivity index (χ1v) is 8.43. The van der Waals surface area contributed by atoms with Crippen molar-refractivity contribution in [2.45, 2.75) is 51.6 Å². The van der Waals surface area contributed by atoms with Crippen molar-refractivity contribution in [3.05, 3.63) is 52.5 Å². The van der Waals surface area contributed by atoms with Crippen LogP contribution < -0.4 is 5.32 Å². The second-order valence-electron chi connectivity index (χ2n) is 5.10. The molecule has 0 radical (unpaired) electrons. The summed E-state index contributed by atoms with van der Waals surface area (Å²) in [5.41, 5.74) is 1.39. The third-order valence-electron chi connectivity index (χ3n) is 3.61. The number of aromatic nitrogens is 1. The quantitative estimate of drug-likeness (QED) is 0.729. The van der Waals surface area contributed by atoms with E-state index in [1.54, 1.807) is 11.3 Å². The molecule has 1 aromatic heterocycles. The van der Waals surface area contributed by atoms with Crippen LogP contribution in [0.4, 0.5) is 0 Å². The molecule has 0 amide bonds. The lowest BCUT2D eigenvalue weighted by Crippen LogP contribution is -2.26. The molecule has 2 nitrogen and oxygen atoms in total. The summed E-state index contributed by atoms with van der Waals surface area (Å²) in [4.78, 5) is 4.47. The highest BCUT2D eigenvalue weighted by molar-refractivity contribution is 7.09. The van der Waals surface area contributed by atoms with Gasteiger partial charge in [-0.05, 0) is 18.4 Å². The molecule has 1 N–H and O–H groups in total. The molecule has 1 aromatic carbocycles. The van der Waals surface area contributed by atoms with Crippen LogP contribution in [0, 0.1) is 0 Å². The Morgan fingerprint density at radius 2 is 1.95 bits per heavy atom. The molecule has 2 unspecified atom stereocenters. The summed E-state index contributed by atoms with van der Waals surface area (Å²) in [7, 11) is 0. The molecule has 0 aliphatic heterocycles. The number of hydrogen-bond acceptors (Lipinski definition) is 3. The van der Waals surface area contributed by atoms with Crippen LogP contribution >= 0.6 is 11.3 Å². The Morgan fingerprint density at radius 3 is 2.55 bits per heavy atom. The van der Waals surface area contributed by atoms with Gasteiger partial charge in [0.15, 0.2) is 0 Å². The van der Waals surface area contributed by atoms with E-state index in [1.165, 1.54) is 29.8 Å². The van der Waals surface area contributed by atoms with Crippen molar-refractivity contribution in [3.8, 4) is 0 Å². The maximum atomic E-state index is 4.47. The molecule has 0 saturated carbocycles. The van der Waals surface area contributed by atoms with E-state index in [0.29, 0.717) is 12.1 Å². The van der Waals surface area contributed by atoms with Crippen molar-refractivity contribution in [1.29, 1.82) is 0 Å². The standard InChI is InChI=1S/C17H24N2S/c1-3-5-11-16(14-9-7-6-8-10-14)19-15(4-2)17-18-12-13-20-17/h6-10,12-13,15-16,19H,3-5,11H2,1-2H3. The Balaban J connectivity index is 2.10. The Bertz CT molecular complexity index is 467. The average Bonchev–Trinajstić information content (AvgIpc) is 3.03. The molecular formula is C17H24N2S. The van der Waals surface area contributed by atoms with Crippen LogP contribution in [0.5, 0.6) is 0 Å². The summed E-state index contributed by atoms with van der Waals surface area (Å²) in [6, 6.07) is 11.6. The van der Waals surface area contributed by atoms with E-state index in [2.05, 4.69) is 59.9 Å². The van der Waals surface area contributed by atoms with Crippen LogP contribution in [0.25, 0.3) is 0 Å². The van der Waals surface area contributed by atoms with Crippen molar-refractivity contribution in [2.75, 3.05) is 0 Å². The van der Waals surface area contributed by atoms with Gasteiger partial charge in [0.1, 0.15) is 5.01 Å². The molecule has 0 spiro atoms. The van der Waals surface area contributed by atoms with Gasteiger partial charge in [-0.2, -0.15) is 0 Å². The lowest BCUT2D eigenvalue weighted by molar-refractivity contribution is 0.405. The minimum Gasteiger partial charge on any atom is -0.301 e. The van der Waals surface area contributed by atoms with E-state index < -0.39 is 0 Å². The SMILES string of the molecule is CCCCC(NC(CC)c1nccs1)c1ccccc1. The predicted molar refractivity (Wildman–Crippen MR) is 87.0 cm³/mol. The second kappa shape index (κ2) is 8.18. The van der Waals surface area contributed by atoms with Gasteiger partial charge in [0.2, 0.25) is 0 Å². The number of unbranched alkanes of at least 4 members (excludes halogenated alkanes) is 1. The van der Waals surface area contributed by atoms with Crippen LogP contribution in [0.2, 0.25) is 0 Å². The third kappa shape index (κ3) is 4.15. The Labute approximate surface area is 126 Å². The molecule has 0 bridgehead atoms. The Morgan fingerprint density at radius 1 is 1.15 bits per heavy atom. The van der Waals surface area contributed by atoms with E-state index >= 15 is 0 Å². The first kappa shape index (κ1) is 15.2. The monoisotopic (exact) mass is 288 g/mol. The second-order valence-corrected chi connectivity index (χ2v) is 6.03. The highest BCUT2D eigenvalue weighted by Gasteiger charge is 2.18. The van der Waals surface area contributed by atoms with Crippen molar-refractivity contribution in [3.63, 3.8) is 0 Å². The molecule has 2 rings (SSSR count). The van der Waals surface area contributed by atoms with Gasteiger partial charge >= 0.3 is 0 Å². The fourth-order valence-corrected chi connectivity index (χ4v) is 3.23. The molecule has 2 aromatic rings. The molecule has 0 fully saturated rings. The van der Waals surface area contributed by atoms with Crippen LogP contribution in [0.3, 0.4) is 0 Å². The Hall–Kier alpha value is -1.19. The summed E-state index contributed by atoms with van der Waals surface area (Å²) >= 11 is 1.74. The number of nitrogens with zero attached hydrogens (tertiary/aromatic N) is 1. The summed E-state index contributed by atoms with van der Waals surface area (Å²) in [6.45, 7) is 4.47. The molecule has 20 heavy (non-hydrogen) atoms. The van der Waals surface area contributed by atoms with E-state index in [-0.39, 0.29) is 0 Å². The highest BCUT2D eigenvalue weighted by Crippen LogP contribution is 2.26. The highest BCUT2D eigenvalue weighted by atomic mass is 32.1. The first-order valence-electron chi connectivity index (χ1n) is 7.55. The smallest absolute Gasteiger partial charge is 0.109 e. The van der Waals surface area contributed by atoms with Gasteiger partial charge < -0.3 is 5.32 Å². The van der Waals surface area contributed by atoms with E-state index in [1.807, 2.05) is 6.20 Å². The summed E-state index contributed by atoms with van der Waals surface area (Å²) in [6.07, 6.45) is 6.64. The number of benzene rings is 1. The number of hydrogen-bond donors (Lipinski definition) is 1. The van der Waals surface area contributed by atoms with Gasteiger partial charge in [0, 0.05) is 17.6 Å². The minimum absolute atomic E-state index is 0.358. The van der Waals surface area contributed by atoms with Crippen LogP contribution in [0.15, 0.2) is 41.9 Å². The molecule has 0 aliphatic carbocycles. The molecule has 0 aliphatic rings. The minimum atomic E-state index is 0.358. The normalized spacial score (nSPS) is 14.1. The zero-order valence-corrected chi connectivity index (χ0v) is 13.2. The molecular weight excluding hydrogens is 264 g/mol. The Kier molecular flexibility index (Phi) is 6.22. The van der Waals surface area contributed by atoms with E-state index in [0.717, 1.165) is 6.42 Å². The molecule has 0 saturated heterocycles. The van der Waals surface area contributed by atoms with Gasteiger partial charge in [0.05, 0.1) is 6.04 Å². The maximum Gasteiger partial charge on any atom is 0.109 e. The average molecular weight is 288 g/mol. The van der Waals surface area contributed by atoms with Crippen LogP contribution in [-0.2, 0) is 0 Å². The van der Waals surface area contributed by atoms with Gasteiger partial charge in [-0.15, -0.1) is 11.3 Å². The molecule has 3 heteroatoms. The number of rotatable bonds is 8. The summed E-state index contributed by atoms with van der Waals surface area (Å²) in [5.74, 6) is 0. The largest absolute Gasteiger partial charge is 0.301 e. The number of nitrogens with one attached hydrogen (secondary N) is 1. The third-order valence-corrected chi connectivity index (χ3v) is 4.50. The van der Waals surface area contributed by atoms with E-state index in [9.17, 15) is 0 Å². The lowest BCUT2D eigenvalue weighted by atomic mass is 10.00. The first-order chi connectivity index (χ1) is 9.85. The fourth-order valence-electron chi connectivity index (χ4n) is 2.45. The summed E-state index contributed by atoms with van der Waals surface area (Å²) < 4.78 is 0. The van der Waals surface area contributed by atoms with E-state index in [4.69, 9.17) is 0 Å². The summed E-state index contributed by atoms with van der Waals surface area (Å²) in [5, 5.41) is 7.06. The van der Waals surface area contributed by atoms with Gasteiger partial charge in [-0.3, -0.25) is 0 Å². The van der Waals surface area contributed by atoms with Crippen molar-refractivity contribution in [1.82, 2.24) is 10.3 Å². The van der Waals surface area contributed by atoms with Crippen LogP contribution in [0.1, 0.15) is 62.2 Å². The fraction of sp³-hybridized carbons (Fsp3) is 0.471. The zero-order valence-electron chi connectivity index (χ0n) is 12.4. The topological polar surface area (TPSA) is 24.9 Å². The molecule has 2 atom stereocenters. The van der Waals surface area contributed by atoms with Gasteiger partial charge in [-0.25, -0.2) is 4.98 Å². The van der Waals surface area contributed by atoms with Crippen LogP contribution in [-0.4, -0.2) is 4.98 Å². The molecule has 108 valence electrons.